The molecule has 0 radical (unpaired) electrons. The Morgan fingerprint density at radius 3 is 2.18 bits per heavy atom. The van der Waals surface area contributed by atoms with Crippen LogP contribution in [0.2, 0.25) is 0 Å². The molecular formula is C11H16. The molecule has 11 heavy (non-hydrogen) atoms. The monoisotopic (exact) mass is 148 g/mol. The summed E-state index contributed by atoms with van der Waals surface area (Å²) in [6.07, 6.45) is 8.88. The van der Waals surface area contributed by atoms with Crippen molar-refractivity contribution in [2.24, 2.45) is 0 Å². The average Bonchev–Trinajstić information content (AvgIpc) is 2.07. The van der Waals surface area contributed by atoms with Crippen LogP contribution < -0.4 is 0 Å². The Morgan fingerprint density at radius 2 is 1.91 bits per heavy atom. The summed E-state index contributed by atoms with van der Waals surface area (Å²) in [4.78, 5) is 0. The molecule has 0 aromatic heterocycles. The SMILES string of the molecule is C=CC(=C/C)/C=C(\C=C)CC. The van der Waals surface area contributed by atoms with Crippen molar-refractivity contribution in [2.75, 3.05) is 0 Å². The van der Waals surface area contributed by atoms with Crippen molar-refractivity contribution >= 4 is 0 Å². The molecule has 0 N–H and O–H groups in total. The minimum Gasteiger partial charge on any atom is -0.0988 e. The van der Waals surface area contributed by atoms with Crippen molar-refractivity contribution in [3.63, 3.8) is 0 Å². The Balaban J connectivity index is 4.47. The van der Waals surface area contributed by atoms with Crippen LogP contribution in [0.15, 0.2) is 48.6 Å². The molecule has 0 heteroatoms. The van der Waals surface area contributed by atoms with E-state index in [9.17, 15) is 0 Å². The highest BCUT2D eigenvalue weighted by molar-refractivity contribution is 5.34. The zero-order valence-corrected chi connectivity index (χ0v) is 7.43. The molecule has 0 bridgehead atoms. The van der Waals surface area contributed by atoms with Gasteiger partial charge in [0.05, 0.1) is 0 Å². The summed E-state index contributed by atoms with van der Waals surface area (Å²) < 4.78 is 0. The first-order chi connectivity index (χ1) is 5.28. The lowest BCUT2D eigenvalue weighted by Crippen LogP contribution is -1.76. The Morgan fingerprint density at radius 1 is 1.27 bits per heavy atom. The lowest BCUT2D eigenvalue weighted by atomic mass is 10.1. The largest absolute Gasteiger partial charge is 0.0988 e. The van der Waals surface area contributed by atoms with Crippen LogP contribution in [0.3, 0.4) is 0 Å². The summed E-state index contributed by atoms with van der Waals surface area (Å²) in [6.45, 7) is 11.5. The van der Waals surface area contributed by atoms with Gasteiger partial charge < -0.3 is 0 Å². The van der Waals surface area contributed by atoms with E-state index in [0.717, 1.165) is 12.0 Å². The molecule has 0 saturated carbocycles. The summed E-state index contributed by atoms with van der Waals surface area (Å²) in [5.41, 5.74) is 2.40. The van der Waals surface area contributed by atoms with Crippen molar-refractivity contribution in [1.82, 2.24) is 0 Å². The zero-order chi connectivity index (χ0) is 8.69. The second kappa shape index (κ2) is 5.72. The predicted octanol–water partition coefficient (Wildman–Crippen LogP) is 3.64. The summed E-state index contributed by atoms with van der Waals surface area (Å²) in [5.74, 6) is 0. The zero-order valence-electron chi connectivity index (χ0n) is 7.43. The van der Waals surface area contributed by atoms with Gasteiger partial charge in [0.2, 0.25) is 0 Å². The molecule has 0 nitrogen and oxygen atoms in total. The molecule has 0 atom stereocenters. The van der Waals surface area contributed by atoms with Gasteiger partial charge in [-0.05, 0) is 24.5 Å². The third-order valence-corrected chi connectivity index (χ3v) is 1.59. The summed E-state index contributed by atoms with van der Waals surface area (Å²) in [5, 5.41) is 0. The molecule has 0 amide bonds. The van der Waals surface area contributed by atoms with E-state index >= 15 is 0 Å². The van der Waals surface area contributed by atoms with Crippen LogP contribution in [0.1, 0.15) is 20.3 Å². The molecule has 0 aliphatic heterocycles. The second-order valence-electron chi connectivity index (χ2n) is 2.27. The molecule has 0 saturated heterocycles. The highest BCUT2D eigenvalue weighted by Crippen LogP contribution is 2.07. The standard InChI is InChI=1S/C11H16/c1-5-10(6-2)9-11(7-3)8-4/h5-7,9H,1,3,8H2,2,4H3/b10-6-,11-9+. The Hall–Kier alpha value is -1.04. The fourth-order valence-electron chi connectivity index (χ4n) is 0.780. The van der Waals surface area contributed by atoms with E-state index in [2.05, 4.69) is 26.2 Å². The molecule has 0 unspecified atom stereocenters. The number of allylic oxidation sites excluding steroid dienone is 6. The van der Waals surface area contributed by atoms with Crippen LogP contribution >= 0.6 is 0 Å². The molecule has 0 aromatic rings. The van der Waals surface area contributed by atoms with Gasteiger partial charge in [-0.2, -0.15) is 0 Å². The van der Waals surface area contributed by atoms with Gasteiger partial charge >= 0.3 is 0 Å². The normalized spacial score (nSPS) is 12.9. The topological polar surface area (TPSA) is 0 Å². The van der Waals surface area contributed by atoms with E-state index in [-0.39, 0.29) is 0 Å². The van der Waals surface area contributed by atoms with Gasteiger partial charge in [-0.25, -0.2) is 0 Å². The van der Waals surface area contributed by atoms with Crippen LogP contribution in [0.5, 0.6) is 0 Å². The van der Waals surface area contributed by atoms with E-state index < -0.39 is 0 Å². The molecule has 0 fully saturated rings. The van der Waals surface area contributed by atoms with Gasteiger partial charge in [0, 0.05) is 0 Å². The molecule has 0 heterocycles. The van der Waals surface area contributed by atoms with Gasteiger partial charge in [0.25, 0.3) is 0 Å². The highest BCUT2D eigenvalue weighted by Gasteiger charge is 1.87. The van der Waals surface area contributed by atoms with Gasteiger partial charge in [-0.15, -0.1) is 0 Å². The summed E-state index contributed by atoms with van der Waals surface area (Å²) >= 11 is 0. The van der Waals surface area contributed by atoms with Crippen LogP contribution in [-0.2, 0) is 0 Å². The third kappa shape index (κ3) is 3.61. The lowest BCUT2D eigenvalue weighted by molar-refractivity contribution is 1.15. The highest BCUT2D eigenvalue weighted by atomic mass is 13.9. The second-order valence-corrected chi connectivity index (χ2v) is 2.27. The number of hydrogen-bond donors (Lipinski definition) is 0. The first kappa shape index (κ1) is 9.96. The van der Waals surface area contributed by atoms with E-state index in [0.29, 0.717) is 0 Å². The summed E-state index contributed by atoms with van der Waals surface area (Å²) in [7, 11) is 0. The molecule has 0 aliphatic carbocycles. The maximum Gasteiger partial charge on any atom is -0.0303 e. The number of hydrogen-bond acceptors (Lipinski definition) is 0. The quantitative estimate of drug-likeness (QED) is 0.534. The Labute approximate surface area is 69.6 Å². The van der Waals surface area contributed by atoms with Crippen LogP contribution in [0.4, 0.5) is 0 Å². The van der Waals surface area contributed by atoms with Crippen molar-refractivity contribution in [3.05, 3.63) is 48.6 Å². The van der Waals surface area contributed by atoms with Gasteiger partial charge in [-0.1, -0.05) is 44.4 Å². The predicted molar refractivity (Wildman–Crippen MR) is 52.5 cm³/mol. The fourth-order valence-corrected chi connectivity index (χ4v) is 0.780. The van der Waals surface area contributed by atoms with Gasteiger partial charge in [0.15, 0.2) is 0 Å². The third-order valence-electron chi connectivity index (χ3n) is 1.59. The Kier molecular flexibility index (Phi) is 5.18. The van der Waals surface area contributed by atoms with E-state index in [1.165, 1.54) is 5.57 Å². The molecule has 0 aliphatic rings. The Bertz CT molecular complexity index is 192. The van der Waals surface area contributed by atoms with Crippen LogP contribution in [0.25, 0.3) is 0 Å². The summed E-state index contributed by atoms with van der Waals surface area (Å²) in [6, 6.07) is 0. The van der Waals surface area contributed by atoms with Gasteiger partial charge in [0.1, 0.15) is 0 Å². The first-order valence-electron chi connectivity index (χ1n) is 3.90. The van der Waals surface area contributed by atoms with Gasteiger partial charge in [-0.3, -0.25) is 0 Å². The minimum atomic E-state index is 1.02. The molecule has 0 spiro atoms. The van der Waals surface area contributed by atoms with Crippen molar-refractivity contribution < 1.29 is 0 Å². The van der Waals surface area contributed by atoms with Crippen LogP contribution in [0, 0.1) is 0 Å². The van der Waals surface area contributed by atoms with Crippen molar-refractivity contribution in [2.45, 2.75) is 20.3 Å². The molecule has 0 rings (SSSR count). The maximum absolute atomic E-state index is 3.72. The maximum atomic E-state index is 3.72. The smallest absolute Gasteiger partial charge is 0.0303 e. The van der Waals surface area contributed by atoms with E-state index in [1.54, 1.807) is 0 Å². The average molecular weight is 148 g/mol. The molecular weight excluding hydrogens is 132 g/mol. The fraction of sp³-hybridized carbons (Fsp3) is 0.273. The van der Waals surface area contributed by atoms with Crippen LogP contribution in [-0.4, -0.2) is 0 Å². The first-order valence-corrected chi connectivity index (χ1v) is 3.90. The van der Waals surface area contributed by atoms with E-state index in [1.807, 2.05) is 25.2 Å². The van der Waals surface area contributed by atoms with Crippen molar-refractivity contribution in [3.8, 4) is 0 Å². The van der Waals surface area contributed by atoms with Crippen molar-refractivity contribution in [1.29, 1.82) is 0 Å². The van der Waals surface area contributed by atoms with E-state index in [4.69, 9.17) is 0 Å². The molecule has 60 valence electrons. The molecule has 0 aromatic carbocycles. The number of rotatable bonds is 4. The lowest BCUT2D eigenvalue weighted by Gasteiger charge is -1.96. The minimum absolute atomic E-state index is 1.02.